The van der Waals surface area contributed by atoms with Crippen molar-refractivity contribution in [1.82, 2.24) is 9.97 Å². The van der Waals surface area contributed by atoms with E-state index in [1.54, 1.807) is 12.1 Å². The van der Waals surface area contributed by atoms with Crippen molar-refractivity contribution in [2.75, 3.05) is 0 Å². The van der Waals surface area contributed by atoms with E-state index in [0.29, 0.717) is 21.7 Å². The summed E-state index contributed by atoms with van der Waals surface area (Å²) in [4.78, 5) is 19.3. The summed E-state index contributed by atoms with van der Waals surface area (Å²) in [6, 6.07) is 12.8. The highest BCUT2D eigenvalue weighted by Crippen LogP contribution is 2.23. The van der Waals surface area contributed by atoms with Crippen molar-refractivity contribution in [3.8, 4) is 11.4 Å². The fourth-order valence-corrected chi connectivity index (χ4v) is 3.00. The van der Waals surface area contributed by atoms with E-state index in [0.717, 1.165) is 9.13 Å². The molecule has 0 saturated heterocycles. The quantitative estimate of drug-likeness (QED) is 0.650. The van der Waals surface area contributed by atoms with Gasteiger partial charge in [0.25, 0.3) is 5.56 Å². The van der Waals surface area contributed by atoms with Gasteiger partial charge in [-0.15, -0.1) is 0 Å². The molecule has 0 bridgehead atoms. The third-order valence-corrected chi connectivity index (χ3v) is 3.59. The van der Waals surface area contributed by atoms with Crippen LogP contribution in [0.2, 0.25) is 5.02 Å². The summed E-state index contributed by atoms with van der Waals surface area (Å²) in [6.45, 7) is 0. The maximum absolute atomic E-state index is 12.0. The number of rotatable bonds is 1. The highest BCUT2D eigenvalue weighted by molar-refractivity contribution is 14.1. The molecule has 0 unspecified atom stereocenters. The first kappa shape index (κ1) is 12.6. The first-order chi connectivity index (χ1) is 9.13. The number of nitrogens with zero attached hydrogens (tertiary/aromatic N) is 1. The van der Waals surface area contributed by atoms with Crippen molar-refractivity contribution in [3.05, 3.63) is 61.4 Å². The molecule has 0 fully saturated rings. The number of halogens is 2. The first-order valence-corrected chi connectivity index (χ1v) is 7.05. The Hall–Kier alpha value is -1.40. The molecule has 3 aromatic rings. The highest BCUT2D eigenvalue weighted by atomic mass is 127. The summed E-state index contributed by atoms with van der Waals surface area (Å²) in [5.41, 5.74) is 1.34. The SMILES string of the molecule is O=c1[nH]c(-c2cc(Cl)cc(I)c2)nc2ccccc12. The number of aromatic amines is 1. The smallest absolute Gasteiger partial charge is 0.259 e. The molecule has 0 aliphatic carbocycles. The number of hydrogen-bond acceptors (Lipinski definition) is 2. The standard InChI is InChI=1S/C14H8ClIN2O/c15-9-5-8(6-10(16)7-9)13-17-12-4-2-1-3-11(12)14(19)18-13/h1-7H,(H,17,18,19). The Labute approximate surface area is 127 Å². The molecule has 0 saturated carbocycles. The van der Waals surface area contributed by atoms with Crippen LogP contribution in [0.5, 0.6) is 0 Å². The molecule has 19 heavy (non-hydrogen) atoms. The van der Waals surface area contributed by atoms with Crippen LogP contribution in [-0.4, -0.2) is 9.97 Å². The lowest BCUT2D eigenvalue weighted by atomic mass is 10.2. The van der Waals surface area contributed by atoms with Gasteiger partial charge in [0.05, 0.1) is 10.9 Å². The third kappa shape index (κ3) is 2.50. The summed E-state index contributed by atoms with van der Waals surface area (Å²) in [7, 11) is 0. The van der Waals surface area contributed by atoms with Crippen LogP contribution in [0.25, 0.3) is 22.3 Å². The zero-order valence-electron chi connectivity index (χ0n) is 9.65. The summed E-state index contributed by atoms with van der Waals surface area (Å²) < 4.78 is 0.996. The Morgan fingerprint density at radius 3 is 2.74 bits per heavy atom. The number of benzene rings is 2. The van der Waals surface area contributed by atoms with Crippen LogP contribution < -0.4 is 5.56 Å². The molecule has 0 spiro atoms. The van der Waals surface area contributed by atoms with E-state index in [4.69, 9.17) is 11.6 Å². The van der Waals surface area contributed by atoms with Gasteiger partial charge in [0.15, 0.2) is 0 Å². The molecule has 1 N–H and O–H groups in total. The van der Waals surface area contributed by atoms with Gasteiger partial charge in [-0.05, 0) is 52.9 Å². The Bertz CT molecular complexity index is 809. The van der Waals surface area contributed by atoms with Crippen molar-refractivity contribution >= 4 is 45.1 Å². The fraction of sp³-hybridized carbons (Fsp3) is 0. The van der Waals surface area contributed by atoms with Gasteiger partial charge in [0.1, 0.15) is 5.82 Å². The maximum Gasteiger partial charge on any atom is 0.259 e. The van der Waals surface area contributed by atoms with Crippen LogP contribution in [0.15, 0.2) is 47.3 Å². The zero-order chi connectivity index (χ0) is 13.4. The van der Waals surface area contributed by atoms with Gasteiger partial charge in [-0.2, -0.15) is 0 Å². The van der Waals surface area contributed by atoms with E-state index in [-0.39, 0.29) is 5.56 Å². The highest BCUT2D eigenvalue weighted by Gasteiger charge is 2.07. The summed E-state index contributed by atoms with van der Waals surface area (Å²) >= 11 is 8.21. The molecule has 0 aliphatic rings. The molecule has 1 heterocycles. The van der Waals surface area contributed by atoms with E-state index < -0.39 is 0 Å². The van der Waals surface area contributed by atoms with E-state index >= 15 is 0 Å². The lowest BCUT2D eigenvalue weighted by Crippen LogP contribution is -2.09. The second kappa shape index (κ2) is 4.94. The van der Waals surface area contributed by atoms with Crippen LogP contribution in [0, 0.1) is 3.57 Å². The molecule has 94 valence electrons. The number of aromatic nitrogens is 2. The molecule has 0 amide bonds. The predicted octanol–water partition coefficient (Wildman–Crippen LogP) is 3.85. The number of para-hydroxylation sites is 1. The summed E-state index contributed by atoms with van der Waals surface area (Å²) in [5, 5.41) is 1.21. The molecule has 0 radical (unpaired) electrons. The lowest BCUT2D eigenvalue weighted by Gasteiger charge is -2.04. The zero-order valence-corrected chi connectivity index (χ0v) is 12.6. The minimum atomic E-state index is -0.143. The topological polar surface area (TPSA) is 45.8 Å². The van der Waals surface area contributed by atoms with Gasteiger partial charge in [-0.25, -0.2) is 4.98 Å². The van der Waals surface area contributed by atoms with Crippen molar-refractivity contribution in [1.29, 1.82) is 0 Å². The fourth-order valence-electron chi connectivity index (χ4n) is 1.91. The average molecular weight is 383 g/mol. The normalized spacial score (nSPS) is 10.8. The van der Waals surface area contributed by atoms with Gasteiger partial charge in [0.2, 0.25) is 0 Å². The van der Waals surface area contributed by atoms with Crippen molar-refractivity contribution < 1.29 is 0 Å². The average Bonchev–Trinajstić information content (AvgIpc) is 2.37. The molecule has 0 aliphatic heterocycles. The molecule has 0 atom stereocenters. The maximum atomic E-state index is 12.0. The van der Waals surface area contributed by atoms with Crippen LogP contribution in [0.1, 0.15) is 0 Å². The minimum absolute atomic E-state index is 0.143. The number of fused-ring (bicyclic) bond motifs is 1. The second-order valence-electron chi connectivity index (χ2n) is 4.09. The Morgan fingerprint density at radius 2 is 1.95 bits per heavy atom. The molecule has 5 heteroatoms. The van der Waals surface area contributed by atoms with E-state index in [1.807, 2.05) is 30.3 Å². The van der Waals surface area contributed by atoms with Gasteiger partial charge in [-0.1, -0.05) is 23.7 Å². The number of nitrogens with one attached hydrogen (secondary N) is 1. The van der Waals surface area contributed by atoms with Gasteiger partial charge in [-0.3, -0.25) is 4.79 Å². The largest absolute Gasteiger partial charge is 0.306 e. The van der Waals surface area contributed by atoms with E-state index in [2.05, 4.69) is 32.6 Å². The molecular weight excluding hydrogens is 375 g/mol. The second-order valence-corrected chi connectivity index (χ2v) is 5.77. The van der Waals surface area contributed by atoms with E-state index in [1.165, 1.54) is 0 Å². The lowest BCUT2D eigenvalue weighted by molar-refractivity contribution is 1.18. The summed E-state index contributed by atoms with van der Waals surface area (Å²) in [6.07, 6.45) is 0. The van der Waals surface area contributed by atoms with E-state index in [9.17, 15) is 4.79 Å². The molecule has 3 nitrogen and oxygen atoms in total. The minimum Gasteiger partial charge on any atom is -0.306 e. The Morgan fingerprint density at radius 1 is 1.16 bits per heavy atom. The summed E-state index contributed by atoms with van der Waals surface area (Å²) in [5.74, 6) is 0.532. The van der Waals surface area contributed by atoms with Crippen molar-refractivity contribution in [3.63, 3.8) is 0 Å². The number of H-pyrrole nitrogens is 1. The van der Waals surface area contributed by atoms with Crippen LogP contribution in [-0.2, 0) is 0 Å². The van der Waals surface area contributed by atoms with Crippen molar-refractivity contribution in [2.24, 2.45) is 0 Å². The first-order valence-electron chi connectivity index (χ1n) is 5.59. The van der Waals surface area contributed by atoms with Crippen molar-refractivity contribution in [2.45, 2.75) is 0 Å². The molecule has 1 aromatic heterocycles. The van der Waals surface area contributed by atoms with Gasteiger partial charge >= 0.3 is 0 Å². The Balaban J connectivity index is 2.28. The molecule has 2 aromatic carbocycles. The Kier molecular flexibility index (Phi) is 3.28. The van der Waals surface area contributed by atoms with Crippen LogP contribution >= 0.6 is 34.2 Å². The van der Waals surface area contributed by atoms with Crippen LogP contribution in [0.4, 0.5) is 0 Å². The van der Waals surface area contributed by atoms with Gasteiger partial charge < -0.3 is 4.98 Å². The van der Waals surface area contributed by atoms with Crippen LogP contribution in [0.3, 0.4) is 0 Å². The monoisotopic (exact) mass is 382 g/mol. The van der Waals surface area contributed by atoms with Gasteiger partial charge in [0, 0.05) is 14.2 Å². The predicted molar refractivity (Wildman–Crippen MR) is 85.5 cm³/mol. The molecular formula is C14H8ClIN2O. The number of hydrogen-bond donors (Lipinski definition) is 1. The molecule has 3 rings (SSSR count). The third-order valence-electron chi connectivity index (χ3n) is 2.75.